The van der Waals surface area contributed by atoms with Gasteiger partial charge in [0.05, 0.1) is 0 Å². The standard InChI is InChI=1S/C21H28N4OS/c1-21(11-7-13-27-21)16-25-20(22-2)24-14-18-10-6-12-23-19(18)26-15-17-8-4-3-5-9-17/h3-6,8-10,12H,7,11,13-16H2,1-2H3,(H2,22,24,25). The number of aromatic nitrogens is 1. The summed E-state index contributed by atoms with van der Waals surface area (Å²) in [4.78, 5) is 8.73. The lowest BCUT2D eigenvalue weighted by molar-refractivity contribution is 0.290. The minimum absolute atomic E-state index is 0.301. The maximum absolute atomic E-state index is 5.93. The number of ether oxygens (including phenoxy) is 1. The number of aliphatic imine (C=N–C) groups is 1. The van der Waals surface area contributed by atoms with Gasteiger partial charge < -0.3 is 15.4 Å². The van der Waals surface area contributed by atoms with Crippen molar-refractivity contribution < 1.29 is 4.74 Å². The Balaban J connectivity index is 1.53. The number of benzene rings is 1. The fourth-order valence-corrected chi connectivity index (χ4v) is 4.31. The molecule has 0 bridgehead atoms. The smallest absolute Gasteiger partial charge is 0.218 e. The van der Waals surface area contributed by atoms with Crippen molar-refractivity contribution in [2.45, 2.75) is 37.7 Å². The minimum atomic E-state index is 0.301. The Morgan fingerprint density at radius 3 is 2.81 bits per heavy atom. The maximum Gasteiger partial charge on any atom is 0.218 e. The van der Waals surface area contributed by atoms with E-state index in [4.69, 9.17) is 4.74 Å². The molecule has 1 aromatic carbocycles. The van der Waals surface area contributed by atoms with Gasteiger partial charge in [0.2, 0.25) is 5.88 Å². The molecule has 0 saturated carbocycles. The average Bonchev–Trinajstić information content (AvgIpc) is 3.15. The van der Waals surface area contributed by atoms with E-state index in [9.17, 15) is 0 Å². The van der Waals surface area contributed by atoms with Crippen LogP contribution in [0.4, 0.5) is 0 Å². The first-order valence-electron chi connectivity index (χ1n) is 9.38. The zero-order valence-corrected chi connectivity index (χ0v) is 16.9. The first-order valence-corrected chi connectivity index (χ1v) is 10.4. The number of nitrogens with one attached hydrogen (secondary N) is 2. The zero-order chi connectivity index (χ0) is 19.0. The van der Waals surface area contributed by atoms with E-state index in [0.29, 0.717) is 23.8 Å². The van der Waals surface area contributed by atoms with E-state index in [-0.39, 0.29) is 0 Å². The molecule has 2 N–H and O–H groups in total. The van der Waals surface area contributed by atoms with Crippen molar-refractivity contribution in [1.29, 1.82) is 0 Å². The molecule has 3 rings (SSSR count). The second kappa shape index (κ2) is 9.65. The van der Waals surface area contributed by atoms with Gasteiger partial charge in [0.15, 0.2) is 5.96 Å². The Morgan fingerprint density at radius 2 is 2.07 bits per heavy atom. The van der Waals surface area contributed by atoms with Crippen LogP contribution in [-0.4, -0.2) is 35.0 Å². The van der Waals surface area contributed by atoms with E-state index < -0.39 is 0 Å². The van der Waals surface area contributed by atoms with Gasteiger partial charge in [-0.15, -0.1) is 0 Å². The highest BCUT2D eigenvalue weighted by Crippen LogP contribution is 2.36. The van der Waals surface area contributed by atoms with Gasteiger partial charge in [-0.2, -0.15) is 11.8 Å². The van der Waals surface area contributed by atoms with E-state index >= 15 is 0 Å². The fraction of sp³-hybridized carbons (Fsp3) is 0.429. The monoisotopic (exact) mass is 384 g/mol. The molecule has 2 aromatic rings. The molecule has 1 aliphatic heterocycles. The first kappa shape index (κ1) is 19.5. The van der Waals surface area contributed by atoms with Crippen molar-refractivity contribution in [3.8, 4) is 5.88 Å². The topological polar surface area (TPSA) is 58.5 Å². The van der Waals surface area contributed by atoms with E-state index in [1.165, 1.54) is 18.6 Å². The highest BCUT2D eigenvalue weighted by atomic mass is 32.2. The molecule has 1 saturated heterocycles. The number of hydrogen-bond donors (Lipinski definition) is 2. The maximum atomic E-state index is 5.93. The van der Waals surface area contributed by atoms with Gasteiger partial charge in [-0.05, 0) is 37.1 Å². The summed E-state index contributed by atoms with van der Waals surface area (Å²) >= 11 is 2.04. The SMILES string of the molecule is CN=C(NCc1cccnc1OCc1ccccc1)NCC1(C)CCCS1. The van der Waals surface area contributed by atoms with Crippen LogP contribution >= 0.6 is 11.8 Å². The molecule has 5 nitrogen and oxygen atoms in total. The third kappa shape index (κ3) is 5.89. The molecule has 27 heavy (non-hydrogen) atoms. The molecule has 1 aromatic heterocycles. The Hall–Kier alpha value is -2.21. The van der Waals surface area contributed by atoms with Gasteiger partial charge in [0.1, 0.15) is 6.61 Å². The zero-order valence-electron chi connectivity index (χ0n) is 16.1. The summed E-state index contributed by atoms with van der Waals surface area (Å²) in [5.41, 5.74) is 2.14. The van der Waals surface area contributed by atoms with Crippen LogP contribution < -0.4 is 15.4 Å². The summed E-state index contributed by atoms with van der Waals surface area (Å²) in [5, 5.41) is 6.83. The van der Waals surface area contributed by atoms with Gasteiger partial charge in [-0.25, -0.2) is 4.98 Å². The molecule has 0 radical (unpaired) electrons. The van der Waals surface area contributed by atoms with Crippen LogP contribution in [0.25, 0.3) is 0 Å². The van der Waals surface area contributed by atoms with E-state index in [1.807, 2.05) is 54.2 Å². The van der Waals surface area contributed by atoms with Crippen LogP contribution in [0, 0.1) is 0 Å². The number of thioether (sulfide) groups is 1. The molecule has 144 valence electrons. The van der Waals surface area contributed by atoms with Crippen molar-refractivity contribution in [2.75, 3.05) is 19.3 Å². The number of rotatable bonds is 7. The van der Waals surface area contributed by atoms with E-state index in [0.717, 1.165) is 23.6 Å². The summed E-state index contributed by atoms with van der Waals surface area (Å²) < 4.78 is 6.23. The largest absolute Gasteiger partial charge is 0.473 e. The lowest BCUT2D eigenvalue weighted by Gasteiger charge is -2.24. The van der Waals surface area contributed by atoms with Crippen LogP contribution in [0.3, 0.4) is 0 Å². The normalized spacial score (nSPS) is 19.7. The third-order valence-corrected chi connectivity index (χ3v) is 6.21. The second-order valence-corrected chi connectivity index (χ2v) is 8.61. The van der Waals surface area contributed by atoms with Crippen molar-refractivity contribution in [3.05, 3.63) is 59.8 Å². The third-order valence-electron chi connectivity index (χ3n) is 4.67. The number of guanidine groups is 1. The van der Waals surface area contributed by atoms with E-state index in [1.54, 1.807) is 13.2 Å². The lowest BCUT2D eigenvalue weighted by atomic mass is 10.1. The van der Waals surface area contributed by atoms with Crippen molar-refractivity contribution in [3.63, 3.8) is 0 Å². The van der Waals surface area contributed by atoms with Gasteiger partial charge in [0, 0.05) is 36.6 Å². The molecule has 0 amide bonds. The van der Waals surface area contributed by atoms with Crippen LogP contribution in [0.5, 0.6) is 5.88 Å². The van der Waals surface area contributed by atoms with Crippen molar-refractivity contribution in [1.82, 2.24) is 15.6 Å². The molecule has 1 aliphatic rings. The van der Waals surface area contributed by atoms with Crippen LogP contribution in [0.15, 0.2) is 53.7 Å². The Morgan fingerprint density at radius 1 is 1.22 bits per heavy atom. The number of hydrogen-bond acceptors (Lipinski definition) is 4. The molecule has 1 fully saturated rings. The molecular formula is C21H28N4OS. The summed E-state index contributed by atoms with van der Waals surface area (Å²) in [5.74, 6) is 2.71. The predicted octanol–water partition coefficient (Wildman–Crippen LogP) is 3.61. The molecular weight excluding hydrogens is 356 g/mol. The summed E-state index contributed by atoms with van der Waals surface area (Å²) in [6, 6.07) is 14.1. The van der Waals surface area contributed by atoms with Crippen molar-refractivity contribution >= 4 is 17.7 Å². The van der Waals surface area contributed by atoms with Crippen molar-refractivity contribution in [2.24, 2.45) is 4.99 Å². The van der Waals surface area contributed by atoms with Crippen LogP contribution in [0.2, 0.25) is 0 Å². The summed E-state index contributed by atoms with van der Waals surface area (Å²) in [7, 11) is 1.80. The molecule has 0 aliphatic carbocycles. The Labute approximate surface area is 166 Å². The fourth-order valence-electron chi connectivity index (χ4n) is 3.06. The summed E-state index contributed by atoms with van der Waals surface area (Å²) in [6.07, 6.45) is 4.31. The second-order valence-electron chi connectivity index (χ2n) is 6.92. The molecule has 2 heterocycles. The van der Waals surface area contributed by atoms with Gasteiger partial charge in [-0.3, -0.25) is 4.99 Å². The van der Waals surface area contributed by atoms with Gasteiger partial charge in [-0.1, -0.05) is 36.4 Å². The lowest BCUT2D eigenvalue weighted by Crippen LogP contribution is -2.43. The molecule has 1 unspecified atom stereocenters. The number of nitrogens with zero attached hydrogens (tertiary/aromatic N) is 2. The van der Waals surface area contributed by atoms with Gasteiger partial charge in [0.25, 0.3) is 0 Å². The highest BCUT2D eigenvalue weighted by molar-refractivity contribution is 8.00. The first-order chi connectivity index (χ1) is 13.2. The quantitative estimate of drug-likeness (QED) is 0.564. The molecule has 6 heteroatoms. The Kier molecular flexibility index (Phi) is 6.98. The van der Waals surface area contributed by atoms with E-state index in [2.05, 4.69) is 27.5 Å². The average molecular weight is 385 g/mol. The highest BCUT2D eigenvalue weighted by Gasteiger charge is 2.29. The van der Waals surface area contributed by atoms with Gasteiger partial charge >= 0.3 is 0 Å². The predicted molar refractivity (Wildman–Crippen MR) is 113 cm³/mol. The summed E-state index contributed by atoms with van der Waals surface area (Å²) in [6.45, 7) is 4.36. The molecule has 1 atom stereocenters. The van der Waals surface area contributed by atoms with Crippen LogP contribution in [0.1, 0.15) is 30.9 Å². The molecule has 0 spiro atoms. The number of pyridine rings is 1. The Bertz CT molecular complexity index is 745. The minimum Gasteiger partial charge on any atom is -0.473 e. The van der Waals surface area contributed by atoms with Crippen LogP contribution in [-0.2, 0) is 13.2 Å².